The molecule has 12 aromatic rings. The number of benzene rings is 10. The molecule has 0 amide bonds. The summed E-state index contributed by atoms with van der Waals surface area (Å²) in [4.78, 5) is 7.26. The molecule has 0 aliphatic carbocycles. The number of hydrogen-bond acceptors (Lipinski definition) is 3. The van der Waals surface area contributed by atoms with Crippen LogP contribution in [-0.4, -0.2) is 9.55 Å². The Kier molecular flexibility index (Phi) is 8.13. The van der Waals surface area contributed by atoms with Crippen LogP contribution >= 0.6 is 0 Å². The number of rotatable bonds is 7. The van der Waals surface area contributed by atoms with Crippen LogP contribution in [0, 0.1) is 0 Å². The van der Waals surface area contributed by atoms with Crippen LogP contribution in [-0.2, 0) is 0 Å². The molecular weight excluding hydrogens is 743 g/mol. The summed E-state index contributed by atoms with van der Waals surface area (Å²) in [5.74, 6) is 0.597. The molecule has 0 aliphatic rings. The Morgan fingerprint density at radius 2 is 1.07 bits per heavy atom. The minimum Gasteiger partial charge on any atom is -0.434 e. The van der Waals surface area contributed by atoms with Crippen LogP contribution in [0.1, 0.15) is 0 Å². The van der Waals surface area contributed by atoms with E-state index in [1.165, 1.54) is 54.7 Å². The molecule has 286 valence electrons. The van der Waals surface area contributed by atoms with E-state index in [0.29, 0.717) is 5.89 Å². The van der Waals surface area contributed by atoms with E-state index in [1.807, 2.05) is 36.4 Å². The van der Waals surface area contributed by atoms with Crippen LogP contribution in [0.5, 0.6) is 0 Å². The number of oxazole rings is 1. The van der Waals surface area contributed by atoms with Crippen molar-refractivity contribution in [1.82, 2.24) is 9.55 Å². The molecule has 0 atom stereocenters. The van der Waals surface area contributed by atoms with Gasteiger partial charge in [0.1, 0.15) is 5.52 Å². The molecule has 4 nitrogen and oxygen atoms in total. The number of anilines is 3. The van der Waals surface area contributed by atoms with E-state index in [4.69, 9.17) is 9.40 Å². The Morgan fingerprint density at radius 1 is 0.426 bits per heavy atom. The molecule has 0 unspecified atom stereocenters. The molecule has 0 aliphatic heterocycles. The van der Waals surface area contributed by atoms with Gasteiger partial charge in [-0.2, -0.15) is 0 Å². The molecule has 0 fully saturated rings. The maximum Gasteiger partial charge on any atom is 0.227 e. The van der Waals surface area contributed by atoms with Crippen molar-refractivity contribution in [3.05, 3.63) is 224 Å². The molecule has 0 N–H and O–H groups in total. The number of nitrogens with zero attached hydrogens (tertiary/aromatic N) is 3. The highest BCUT2D eigenvalue weighted by Gasteiger charge is 2.22. The van der Waals surface area contributed by atoms with Gasteiger partial charge in [-0.15, -0.1) is 0 Å². The van der Waals surface area contributed by atoms with Gasteiger partial charge in [0.05, 0.1) is 16.7 Å². The molecule has 10 aromatic carbocycles. The summed E-state index contributed by atoms with van der Waals surface area (Å²) in [6.07, 6.45) is 0. The summed E-state index contributed by atoms with van der Waals surface area (Å²) in [6, 6.07) is 79.9. The van der Waals surface area contributed by atoms with Gasteiger partial charge in [-0.3, -0.25) is 0 Å². The third-order valence-electron chi connectivity index (χ3n) is 12.0. The molecule has 0 saturated carbocycles. The van der Waals surface area contributed by atoms with E-state index in [1.54, 1.807) is 0 Å². The number of para-hydroxylation sites is 3. The highest BCUT2D eigenvalue weighted by Crippen LogP contribution is 2.45. The molecular formula is C57H37N3O. The van der Waals surface area contributed by atoms with Crippen molar-refractivity contribution in [2.24, 2.45) is 0 Å². The average molecular weight is 780 g/mol. The highest BCUT2D eigenvalue weighted by molar-refractivity contribution is 6.24. The second kappa shape index (κ2) is 14.3. The molecule has 4 heteroatoms. The Hall–Kier alpha value is -8.21. The van der Waals surface area contributed by atoms with Gasteiger partial charge in [0.2, 0.25) is 5.89 Å². The minimum atomic E-state index is 0.597. The Bertz CT molecular complexity index is 3570. The summed E-state index contributed by atoms with van der Waals surface area (Å²) in [5, 5.41) is 7.24. The Balaban J connectivity index is 1.05. The maximum absolute atomic E-state index is 6.67. The lowest BCUT2D eigenvalue weighted by Gasteiger charge is -2.26. The molecule has 61 heavy (non-hydrogen) atoms. The Morgan fingerprint density at radius 3 is 1.87 bits per heavy atom. The summed E-state index contributed by atoms with van der Waals surface area (Å²) >= 11 is 0. The van der Waals surface area contributed by atoms with Crippen LogP contribution < -0.4 is 4.90 Å². The third-order valence-corrected chi connectivity index (χ3v) is 12.0. The summed E-state index contributed by atoms with van der Waals surface area (Å²) < 4.78 is 9.10. The number of fused-ring (bicyclic) bond motifs is 7. The third kappa shape index (κ3) is 5.88. The van der Waals surface area contributed by atoms with Gasteiger partial charge in [-0.1, -0.05) is 146 Å². The topological polar surface area (TPSA) is 34.2 Å². The second-order valence-corrected chi connectivity index (χ2v) is 15.6. The first kappa shape index (κ1) is 34.8. The zero-order valence-electron chi connectivity index (χ0n) is 33.1. The molecule has 0 bridgehead atoms. The molecule has 0 radical (unpaired) electrons. The smallest absolute Gasteiger partial charge is 0.227 e. The van der Waals surface area contributed by atoms with Crippen molar-refractivity contribution in [2.75, 3.05) is 4.90 Å². The standard InChI is InChI=1S/C57H37N3O/c1-4-15-38(16-5-1)41-27-28-43-36-47(34-31-42(43)35-41)59(53-26-14-24-51-56(53)61-57(58-51)40-17-6-2-7-18-40)46-32-29-39(30-33-46)50-37-44-19-10-11-22-48(44)55-54(50)49-23-12-13-25-52(49)60(55)45-20-8-3-9-21-45/h1-37H. The first-order valence-corrected chi connectivity index (χ1v) is 20.7. The Labute approximate surface area is 352 Å². The molecule has 0 spiro atoms. The quantitative estimate of drug-likeness (QED) is 0.162. The second-order valence-electron chi connectivity index (χ2n) is 15.6. The lowest BCUT2D eigenvalue weighted by Crippen LogP contribution is -2.10. The van der Waals surface area contributed by atoms with Gasteiger partial charge in [-0.25, -0.2) is 4.98 Å². The fourth-order valence-electron chi connectivity index (χ4n) is 9.12. The van der Waals surface area contributed by atoms with E-state index < -0.39 is 0 Å². The van der Waals surface area contributed by atoms with Crippen LogP contribution in [0.4, 0.5) is 17.1 Å². The lowest BCUT2D eigenvalue weighted by molar-refractivity contribution is 0.620. The average Bonchev–Trinajstić information content (AvgIpc) is 3.94. The predicted octanol–water partition coefficient (Wildman–Crippen LogP) is 15.7. The molecule has 2 heterocycles. The van der Waals surface area contributed by atoms with Crippen molar-refractivity contribution in [3.63, 3.8) is 0 Å². The van der Waals surface area contributed by atoms with Crippen molar-refractivity contribution in [3.8, 4) is 39.4 Å². The van der Waals surface area contributed by atoms with Gasteiger partial charge in [0, 0.05) is 38.8 Å². The predicted molar refractivity (Wildman–Crippen MR) is 254 cm³/mol. The molecule has 0 saturated heterocycles. The number of hydrogen-bond donors (Lipinski definition) is 0. The van der Waals surface area contributed by atoms with Gasteiger partial charge in [-0.05, 0) is 117 Å². The normalized spacial score (nSPS) is 11.6. The number of aromatic nitrogens is 2. The first-order valence-electron chi connectivity index (χ1n) is 20.7. The van der Waals surface area contributed by atoms with E-state index in [9.17, 15) is 0 Å². The van der Waals surface area contributed by atoms with Crippen LogP contribution in [0.15, 0.2) is 229 Å². The fraction of sp³-hybridized carbons (Fsp3) is 0. The van der Waals surface area contributed by atoms with Crippen LogP contribution in [0.2, 0.25) is 0 Å². The van der Waals surface area contributed by atoms with Gasteiger partial charge < -0.3 is 13.9 Å². The monoisotopic (exact) mass is 779 g/mol. The van der Waals surface area contributed by atoms with Crippen LogP contribution in [0.25, 0.3) is 93.8 Å². The van der Waals surface area contributed by atoms with E-state index in [2.05, 4.69) is 198 Å². The fourth-order valence-corrected chi connectivity index (χ4v) is 9.12. The zero-order valence-corrected chi connectivity index (χ0v) is 33.1. The van der Waals surface area contributed by atoms with E-state index in [-0.39, 0.29) is 0 Å². The van der Waals surface area contributed by atoms with Crippen molar-refractivity contribution in [1.29, 1.82) is 0 Å². The largest absolute Gasteiger partial charge is 0.434 e. The lowest BCUT2D eigenvalue weighted by atomic mass is 9.95. The van der Waals surface area contributed by atoms with Crippen molar-refractivity contribution in [2.45, 2.75) is 0 Å². The van der Waals surface area contributed by atoms with Gasteiger partial charge in [0.25, 0.3) is 0 Å². The zero-order chi connectivity index (χ0) is 40.3. The molecule has 2 aromatic heterocycles. The van der Waals surface area contributed by atoms with Gasteiger partial charge >= 0.3 is 0 Å². The maximum atomic E-state index is 6.67. The highest BCUT2D eigenvalue weighted by atomic mass is 16.3. The van der Waals surface area contributed by atoms with E-state index in [0.717, 1.165) is 50.4 Å². The van der Waals surface area contributed by atoms with Crippen LogP contribution in [0.3, 0.4) is 0 Å². The minimum absolute atomic E-state index is 0.597. The summed E-state index contributed by atoms with van der Waals surface area (Å²) in [5.41, 5.74) is 13.7. The van der Waals surface area contributed by atoms with Gasteiger partial charge in [0.15, 0.2) is 5.58 Å². The summed E-state index contributed by atoms with van der Waals surface area (Å²) in [6.45, 7) is 0. The molecule has 12 rings (SSSR count). The first-order chi connectivity index (χ1) is 30.2. The van der Waals surface area contributed by atoms with Crippen molar-refractivity contribution < 1.29 is 4.42 Å². The van der Waals surface area contributed by atoms with E-state index >= 15 is 0 Å². The SMILES string of the molecule is c1ccc(-c2ccc3cc(N(c4ccc(-c5cc6ccccc6c6c5c5ccccc5n6-c5ccccc5)cc4)c4cccc5nc(-c6ccccc6)oc45)ccc3c2)cc1. The summed E-state index contributed by atoms with van der Waals surface area (Å²) in [7, 11) is 0. The van der Waals surface area contributed by atoms with Crippen molar-refractivity contribution >= 4 is 71.5 Å².